The number of ketones is 1. The zero-order valence-corrected chi connectivity index (χ0v) is 12.0. The largest absolute Gasteiger partial charge is 0.328 e. The smallest absolute Gasteiger partial charge is 0.228 e. The van der Waals surface area contributed by atoms with Crippen LogP contribution in [0.5, 0.6) is 0 Å². The van der Waals surface area contributed by atoms with Crippen molar-refractivity contribution in [1.29, 1.82) is 0 Å². The van der Waals surface area contributed by atoms with Gasteiger partial charge in [0.1, 0.15) is 0 Å². The minimum absolute atomic E-state index is 0.0217. The molecule has 19 heavy (non-hydrogen) atoms. The third-order valence-electron chi connectivity index (χ3n) is 3.29. The normalized spacial score (nSPS) is 10.7. The summed E-state index contributed by atoms with van der Waals surface area (Å²) in [6, 6.07) is 4.10. The quantitative estimate of drug-likeness (QED) is 0.785. The topological polar surface area (TPSA) is 34.9 Å². The van der Waals surface area contributed by atoms with E-state index in [4.69, 9.17) is 0 Å². The van der Waals surface area contributed by atoms with Crippen LogP contribution in [0.2, 0.25) is 0 Å². The SMILES string of the molecule is CCCn1ccnc1C(=O)c1c(C)cc(C)cc1C. The van der Waals surface area contributed by atoms with Gasteiger partial charge >= 0.3 is 0 Å². The predicted molar refractivity (Wildman–Crippen MR) is 76.6 cm³/mol. The Morgan fingerprint density at radius 3 is 2.42 bits per heavy atom. The second-order valence-corrected chi connectivity index (χ2v) is 5.05. The van der Waals surface area contributed by atoms with Crippen LogP contribution < -0.4 is 0 Å². The van der Waals surface area contributed by atoms with E-state index in [0.717, 1.165) is 29.7 Å². The van der Waals surface area contributed by atoms with Gasteiger partial charge in [-0.1, -0.05) is 24.6 Å². The van der Waals surface area contributed by atoms with Gasteiger partial charge in [0.25, 0.3) is 0 Å². The molecular weight excluding hydrogens is 236 g/mol. The van der Waals surface area contributed by atoms with Gasteiger partial charge in [0.15, 0.2) is 5.82 Å². The Balaban J connectivity index is 2.47. The number of aromatic nitrogens is 2. The molecule has 100 valence electrons. The number of hydrogen-bond donors (Lipinski definition) is 0. The van der Waals surface area contributed by atoms with Crippen LogP contribution in [0.25, 0.3) is 0 Å². The predicted octanol–water partition coefficient (Wildman–Crippen LogP) is 3.45. The van der Waals surface area contributed by atoms with Crippen molar-refractivity contribution in [3.05, 3.63) is 52.6 Å². The highest BCUT2D eigenvalue weighted by molar-refractivity contribution is 6.08. The second-order valence-electron chi connectivity index (χ2n) is 5.05. The molecule has 1 aromatic heterocycles. The van der Waals surface area contributed by atoms with Crippen LogP contribution in [0.3, 0.4) is 0 Å². The fourth-order valence-corrected chi connectivity index (χ4v) is 2.59. The zero-order valence-electron chi connectivity index (χ0n) is 12.0. The molecule has 0 radical (unpaired) electrons. The van der Waals surface area contributed by atoms with Crippen LogP contribution >= 0.6 is 0 Å². The van der Waals surface area contributed by atoms with Crippen molar-refractivity contribution < 1.29 is 4.79 Å². The molecule has 0 fully saturated rings. The molecule has 0 aliphatic heterocycles. The zero-order chi connectivity index (χ0) is 14.0. The standard InChI is InChI=1S/C16H20N2O/c1-5-7-18-8-6-17-16(18)15(19)14-12(3)9-11(2)10-13(14)4/h6,8-10H,5,7H2,1-4H3. The van der Waals surface area contributed by atoms with E-state index in [1.54, 1.807) is 6.20 Å². The number of hydrogen-bond acceptors (Lipinski definition) is 2. The van der Waals surface area contributed by atoms with Gasteiger partial charge in [-0.3, -0.25) is 4.79 Å². The van der Waals surface area contributed by atoms with Crippen LogP contribution in [-0.4, -0.2) is 15.3 Å². The highest BCUT2D eigenvalue weighted by atomic mass is 16.1. The summed E-state index contributed by atoms with van der Waals surface area (Å²) in [6.07, 6.45) is 4.56. The van der Waals surface area contributed by atoms with Crippen molar-refractivity contribution in [2.24, 2.45) is 0 Å². The Morgan fingerprint density at radius 2 is 1.84 bits per heavy atom. The highest BCUT2D eigenvalue weighted by Crippen LogP contribution is 2.19. The first-order valence-corrected chi connectivity index (χ1v) is 6.68. The molecule has 3 heteroatoms. The summed E-state index contributed by atoms with van der Waals surface area (Å²) in [4.78, 5) is 16.9. The number of carbonyl (C=O) groups excluding carboxylic acids is 1. The molecule has 1 heterocycles. The van der Waals surface area contributed by atoms with E-state index in [0.29, 0.717) is 5.82 Å². The number of carbonyl (C=O) groups is 1. The molecule has 0 saturated carbocycles. The average Bonchev–Trinajstić information content (AvgIpc) is 2.76. The third kappa shape index (κ3) is 2.60. The molecular formula is C16H20N2O. The van der Waals surface area contributed by atoms with Crippen LogP contribution in [0, 0.1) is 20.8 Å². The first-order valence-electron chi connectivity index (χ1n) is 6.68. The molecule has 1 aromatic carbocycles. The molecule has 0 N–H and O–H groups in total. The van der Waals surface area contributed by atoms with Crippen LogP contribution in [0.4, 0.5) is 0 Å². The molecule has 0 aliphatic carbocycles. The molecule has 0 bridgehead atoms. The number of nitrogens with zero attached hydrogens (tertiary/aromatic N) is 2. The second kappa shape index (κ2) is 5.39. The Kier molecular flexibility index (Phi) is 3.84. The van der Waals surface area contributed by atoms with E-state index in [1.807, 2.05) is 43.7 Å². The van der Waals surface area contributed by atoms with Crippen molar-refractivity contribution in [1.82, 2.24) is 9.55 Å². The van der Waals surface area contributed by atoms with Crippen molar-refractivity contribution >= 4 is 5.78 Å². The lowest BCUT2D eigenvalue weighted by molar-refractivity contribution is 0.102. The maximum Gasteiger partial charge on any atom is 0.228 e. The van der Waals surface area contributed by atoms with Gasteiger partial charge < -0.3 is 4.57 Å². The number of benzene rings is 1. The van der Waals surface area contributed by atoms with Crippen molar-refractivity contribution in [3.8, 4) is 0 Å². The van der Waals surface area contributed by atoms with Gasteiger partial charge in [0, 0.05) is 24.5 Å². The van der Waals surface area contributed by atoms with Gasteiger partial charge in [-0.15, -0.1) is 0 Å². The van der Waals surface area contributed by atoms with Gasteiger partial charge in [0.2, 0.25) is 5.78 Å². The van der Waals surface area contributed by atoms with Crippen molar-refractivity contribution in [2.75, 3.05) is 0 Å². The molecule has 3 nitrogen and oxygen atoms in total. The average molecular weight is 256 g/mol. The van der Waals surface area contributed by atoms with Crippen molar-refractivity contribution in [3.63, 3.8) is 0 Å². The summed E-state index contributed by atoms with van der Waals surface area (Å²) < 4.78 is 1.93. The number of rotatable bonds is 4. The van der Waals surface area contributed by atoms with Gasteiger partial charge in [-0.25, -0.2) is 4.98 Å². The summed E-state index contributed by atoms with van der Waals surface area (Å²) in [5.41, 5.74) is 4.01. The van der Waals surface area contributed by atoms with E-state index < -0.39 is 0 Å². The summed E-state index contributed by atoms with van der Waals surface area (Å²) in [5.74, 6) is 0.561. The first kappa shape index (κ1) is 13.5. The van der Waals surface area contributed by atoms with E-state index in [-0.39, 0.29) is 5.78 Å². The molecule has 0 atom stereocenters. The number of imidazole rings is 1. The van der Waals surface area contributed by atoms with Crippen molar-refractivity contribution in [2.45, 2.75) is 40.7 Å². The van der Waals surface area contributed by atoms with E-state index in [9.17, 15) is 4.79 Å². The van der Waals surface area contributed by atoms with E-state index >= 15 is 0 Å². The molecule has 0 amide bonds. The maximum absolute atomic E-state index is 12.7. The Bertz CT molecular complexity index is 588. The van der Waals surface area contributed by atoms with Crippen LogP contribution in [0.15, 0.2) is 24.5 Å². The van der Waals surface area contributed by atoms with Gasteiger partial charge in [-0.2, -0.15) is 0 Å². The van der Waals surface area contributed by atoms with Gasteiger partial charge in [0.05, 0.1) is 0 Å². The molecule has 2 rings (SSSR count). The lowest BCUT2D eigenvalue weighted by Gasteiger charge is -2.11. The van der Waals surface area contributed by atoms with Gasteiger partial charge in [-0.05, 0) is 38.3 Å². The third-order valence-corrected chi connectivity index (χ3v) is 3.29. The molecule has 0 spiro atoms. The lowest BCUT2D eigenvalue weighted by Crippen LogP contribution is -2.14. The van der Waals surface area contributed by atoms with E-state index in [1.165, 1.54) is 5.56 Å². The molecule has 0 aliphatic rings. The Morgan fingerprint density at radius 1 is 1.21 bits per heavy atom. The summed E-state index contributed by atoms with van der Waals surface area (Å²) in [5, 5.41) is 0. The van der Waals surface area contributed by atoms with E-state index in [2.05, 4.69) is 11.9 Å². The maximum atomic E-state index is 12.7. The van der Waals surface area contributed by atoms with Crippen LogP contribution in [-0.2, 0) is 6.54 Å². The fourth-order valence-electron chi connectivity index (χ4n) is 2.59. The molecule has 2 aromatic rings. The first-order chi connectivity index (χ1) is 9.04. The summed E-state index contributed by atoms with van der Waals surface area (Å²) >= 11 is 0. The Hall–Kier alpha value is -1.90. The summed E-state index contributed by atoms with van der Waals surface area (Å²) in [7, 11) is 0. The minimum atomic E-state index is 0.0217. The Labute approximate surface area is 114 Å². The summed E-state index contributed by atoms with van der Waals surface area (Å²) in [6.45, 7) is 8.94. The molecule has 0 unspecified atom stereocenters. The number of aryl methyl sites for hydroxylation is 4. The van der Waals surface area contributed by atoms with Crippen LogP contribution in [0.1, 0.15) is 46.2 Å². The minimum Gasteiger partial charge on any atom is -0.328 e. The monoisotopic (exact) mass is 256 g/mol. The lowest BCUT2D eigenvalue weighted by atomic mass is 9.96. The molecule has 0 saturated heterocycles. The highest BCUT2D eigenvalue weighted by Gasteiger charge is 2.19. The fraction of sp³-hybridized carbons (Fsp3) is 0.375.